The van der Waals surface area contributed by atoms with Gasteiger partial charge in [-0.05, 0) is 52.9 Å². The van der Waals surface area contributed by atoms with E-state index in [-0.39, 0.29) is 10.1 Å². The van der Waals surface area contributed by atoms with Gasteiger partial charge in [-0.15, -0.1) is 11.3 Å². The van der Waals surface area contributed by atoms with Crippen LogP contribution in [0.3, 0.4) is 0 Å². The molecule has 4 heterocycles. The van der Waals surface area contributed by atoms with Crippen LogP contribution in [0.15, 0.2) is 101 Å². The van der Waals surface area contributed by atoms with Crippen LogP contribution >= 0.6 is 11.3 Å². The summed E-state index contributed by atoms with van der Waals surface area (Å²) in [6, 6.07) is 27.0. The molecule has 0 bridgehead atoms. The first-order chi connectivity index (χ1) is 22.3. The molecule has 9 nitrogen and oxygen atoms in total. The van der Waals surface area contributed by atoms with Crippen LogP contribution in [0.25, 0.3) is 44.2 Å². The van der Waals surface area contributed by atoms with Gasteiger partial charge in [-0.25, -0.2) is 13.4 Å². The van der Waals surface area contributed by atoms with Gasteiger partial charge in [0, 0.05) is 66.5 Å². The first kappa shape index (κ1) is 30.1. The predicted molar refractivity (Wildman–Crippen MR) is 185 cm³/mol. The van der Waals surface area contributed by atoms with Crippen LogP contribution in [0.4, 0.5) is 11.4 Å². The molecule has 1 aliphatic rings. The van der Waals surface area contributed by atoms with E-state index in [4.69, 9.17) is 9.72 Å². The Kier molecular flexibility index (Phi) is 8.07. The van der Waals surface area contributed by atoms with E-state index in [2.05, 4.69) is 22.0 Å². The topological polar surface area (TPSA) is 98.8 Å². The number of pyridine rings is 1. The molecule has 3 aromatic heterocycles. The third-order valence-electron chi connectivity index (χ3n) is 8.52. The number of anilines is 2. The molecule has 0 unspecified atom stereocenters. The van der Waals surface area contributed by atoms with Gasteiger partial charge in [0.05, 0.1) is 25.4 Å². The van der Waals surface area contributed by atoms with Gasteiger partial charge in [0.2, 0.25) is 5.91 Å². The number of aromatic nitrogens is 2. The number of hydrogen-bond donors (Lipinski definition) is 1. The lowest BCUT2D eigenvalue weighted by molar-refractivity contribution is -0.120. The van der Waals surface area contributed by atoms with Gasteiger partial charge in [0.15, 0.2) is 0 Å². The summed E-state index contributed by atoms with van der Waals surface area (Å²) in [7, 11) is -0.325. The van der Waals surface area contributed by atoms with E-state index in [1.165, 1.54) is 15.6 Å². The van der Waals surface area contributed by atoms with E-state index in [0.717, 1.165) is 57.3 Å². The zero-order chi connectivity index (χ0) is 31.8. The van der Waals surface area contributed by atoms with Crippen molar-refractivity contribution in [3.8, 4) is 22.3 Å². The average molecular weight is 652 g/mol. The zero-order valence-electron chi connectivity index (χ0n) is 25.5. The number of carbonyl (C=O) groups excluding carboxylic acids is 1. The number of likely N-dealkylation sites (N-methyl/N-ethyl adjacent to an activating group) is 1. The number of H-pyrrole nitrogens is 1. The van der Waals surface area contributed by atoms with Gasteiger partial charge in [-0.3, -0.25) is 14.0 Å². The van der Waals surface area contributed by atoms with E-state index in [1.54, 1.807) is 35.5 Å². The lowest BCUT2D eigenvalue weighted by Crippen LogP contribution is -2.43. The maximum atomic E-state index is 13.4. The van der Waals surface area contributed by atoms with Crippen molar-refractivity contribution in [1.29, 1.82) is 0 Å². The number of rotatable bonds is 8. The summed E-state index contributed by atoms with van der Waals surface area (Å²) in [6.45, 7) is 3.10. The summed E-state index contributed by atoms with van der Waals surface area (Å²) in [5.74, 6) is 0.0155. The molecule has 0 radical (unpaired) electrons. The van der Waals surface area contributed by atoms with Gasteiger partial charge in [-0.1, -0.05) is 48.5 Å². The normalized spacial score (nSPS) is 14.1. The van der Waals surface area contributed by atoms with E-state index in [0.29, 0.717) is 31.1 Å². The minimum Gasteiger partial charge on any atom is -0.379 e. The van der Waals surface area contributed by atoms with Gasteiger partial charge in [0.25, 0.3) is 10.0 Å². The van der Waals surface area contributed by atoms with Crippen LogP contribution in [0.5, 0.6) is 0 Å². The third-order valence-corrected chi connectivity index (χ3v) is 11.7. The molecule has 1 N–H and O–H groups in total. The highest BCUT2D eigenvalue weighted by Crippen LogP contribution is 2.42. The van der Waals surface area contributed by atoms with Gasteiger partial charge >= 0.3 is 0 Å². The molecule has 3 aromatic carbocycles. The number of benzene rings is 3. The van der Waals surface area contributed by atoms with E-state index in [1.807, 2.05) is 67.8 Å². The lowest BCUT2D eigenvalue weighted by Gasteiger charge is -2.28. The number of sulfonamides is 1. The number of fused-ring (bicyclic) bond motifs is 3. The Morgan fingerprint density at radius 3 is 2.48 bits per heavy atom. The summed E-state index contributed by atoms with van der Waals surface area (Å²) in [5.41, 5.74) is 6.68. The molecule has 1 aliphatic heterocycles. The molecular weight excluding hydrogens is 619 g/mol. The Bertz CT molecular complexity index is 2140. The summed E-state index contributed by atoms with van der Waals surface area (Å²) < 4.78 is 33.8. The van der Waals surface area contributed by atoms with Gasteiger partial charge in [-0.2, -0.15) is 0 Å². The number of aromatic amines is 1. The number of nitrogens with zero attached hydrogens (tertiary/aromatic N) is 4. The van der Waals surface area contributed by atoms with E-state index < -0.39 is 10.0 Å². The van der Waals surface area contributed by atoms with Crippen LogP contribution in [0.2, 0.25) is 0 Å². The fourth-order valence-corrected chi connectivity index (χ4v) is 8.28. The van der Waals surface area contributed by atoms with E-state index in [9.17, 15) is 13.2 Å². The van der Waals surface area contributed by atoms with Crippen LogP contribution in [-0.2, 0) is 19.6 Å². The fraction of sp³-hybridized carbons (Fsp3) is 0.200. The molecule has 1 amide bonds. The first-order valence-corrected chi connectivity index (χ1v) is 17.3. The number of morpholine rings is 1. The predicted octanol–water partition coefficient (Wildman–Crippen LogP) is 6.23. The quantitative estimate of drug-likeness (QED) is 0.210. The van der Waals surface area contributed by atoms with Crippen molar-refractivity contribution in [3.63, 3.8) is 0 Å². The van der Waals surface area contributed by atoms with E-state index >= 15 is 0 Å². The Labute approximate surface area is 271 Å². The Hall–Kier alpha value is -4.55. The number of thiophene rings is 1. The number of hydrogen-bond acceptors (Lipinski definition) is 7. The molecule has 6 aromatic rings. The molecule has 0 aliphatic carbocycles. The molecule has 11 heteroatoms. The molecule has 46 heavy (non-hydrogen) atoms. The number of ether oxygens (including phenoxy) is 1. The van der Waals surface area contributed by atoms with Crippen molar-refractivity contribution in [1.82, 2.24) is 14.9 Å². The second-order valence-corrected chi connectivity index (χ2v) is 14.4. The minimum atomic E-state index is -3.71. The third kappa shape index (κ3) is 5.56. The summed E-state index contributed by atoms with van der Waals surface area (Å²) in [5, 5.41) is 3.52. The highest BCUT2D eigenvalue weighted by Gasteiger charge is 2.24. The summed E-state index contributed by atoms with van der Waals surface area (Å²) >= 11 is 1.20. The van der Waals surface area contributed by atoms with Crippen LogP contribution < -0.4 is 9.21 Å². The van der Waals surface area contributed by atoms with Gasteiger partial charge in [0.1, 0.15) is 9.86 Å². The Morgan fingerprint density at radius 1 is 0.935 bits per heavy atom. The average Bonchev–Trinajstić information content (AvgIpc) is 3.77. The largest absolute Gasteiger partial charge is 0.379 e. The van der Waals surface area contributed by atoms with Crippen LogP contribution in [0, 0.1) is 0 Å². The SMILES string of the molecule is CN(C(=O)CN1CCOCC1)c1cccc(-c2cnc3[nH]c4ccc(N(C)S(=O)(=O)c5cccs5)cc4c3c2-c2ccccc2)c1. The second-order valence-electron chi connectivity index (χ2n) is 11.3. The molecule has 0 atom stereocenters. The van der Waals surface area contributed by atoms with Crippen molar-refractivity contribution in [2.75, 3.05) is 56.1 Å². The zero-order valence-corrected chi connectivity index (χ0v) is 27.1. The summed E-state index contributed by atoms with van der Waals surface area (Å²) in [6.07, 6.45) is 1.86. The number of carbonyl (C=O) groups is 1. The molecule has 0 spiro atoms. The molecule has 1 saturated heterocycles. The fourth-order valence-electron chi connectivity index (χ4n) is 5.93. The Balaban J connectivity index is 1.34. The smallest absolute Gasteiger partial charge is 0.273 e. The molecule has 0 saturated carbocycles. The maximum Gasteiger partial charge on any atom is 0.273 e. The summed E-state index contributed by atoms with van der Waals surface area (Å²) in [4.78, 5) is 25.4. The van der Waals surface area contributed by atoms with Crippen molar-refractivity contribution in [3.05, 3.63) is 96.5 Å². The van der Waals surface area contributed by atoms with Crippen LogP contribution in [0.1, 0.15) is 0 Å². The monoisotopic (exact) mass is 651 g/mol. The number of nitrogens with one attached hydrogen (secondary N) is 1. The maximum absolute atomic E-state index is 13.4. The minimum absolute atomic E-state index is 0.0155. The molecule has 1 fully saturated rings. The molecular formula is C35H33N5O4S2. The Morgan fingerprint density at radius 2 is 1.72 bits per heavy atom. The molecule has 7 rings (SSSR count). The van der Waals surface area contributed by atoms with Gasteiger partial charge < -0.3 is 14.6 Å². The second kappa shape index (κ2) is 12.3. The molecule has 234 valence electrons. The van der Waals surface area contributed by atoms with Crippen molar-refractivity contribution >= 4 is 60.6 Å². The highest BCUT2D eigenvalue weighted by molar-refractivity contribution is 7.94. The highest BCUT2D eigenvalue weighted by atomic mass is 32.2. The van der Waals surface area contributed by atoms with Crippen molar-refractivity contribution in [2.24, 2.45) is 0 Å². The standard InChI is InChI=1S/C35H33N5O4S2/c1-38(31(41)23-40-15-17-44-18-16-40)26-11-6-10-25(20-26)29-22-36-35-34(33(29)24-8-4-3-5-9-24)28-21-27(13-14-30(28)37-35)39(2)46(42,43)32-12-7-19-45-32/h3-14,19-22H,15-18,23H2,1-2H3,(H,36,37). The van der Waals surface area contributed by atoms with Crippen LogP contribution in [-0.4, -0.2) is 76.1 Å². The number of amides is 1. The lowest BCUT2D eigenvalue weighted by atomic mass is 9.92. The first-order valence-electron chi connectivity index (χ1n) is 15.0. The van der Waals surface area contributed by atoms with Crippen molar-refractivity contribution < 1.29 is 17.9 Å². The van der Waals surface area contributed by atoms with Crippen molar-refractivity contribution in [2.45, 2.75) is 4.21 Å².